The van der Waals surface area contributed by atoms with E-state index in [0.29, 0.717) is 5.89 Å². The Morgan fingerprint density at radius 2 is 0.929 bits per heavy atom. The van der Waals surface area contributed by atoms with Crippen molar-refractivity contribution in [2.75, 3.05) is 4.90 Å². The first-order valence-corrected chi connectivity index (χ1v) is 18.7. The second-order valence-corrected chi connectivity index (χ2v) is 14.1. The zero-order valence-electron chi connectivity index (χ0n) is 30.2. The Morgan fingerprint density at radius 3 is 1.70 bits per heavy atom. The molecule has 11 aromatic rings. The molecule has 11 rings (SSSR count). The van der Waals surface area contributed by atoms with Gasteiger partial charge in [0.1, 0.15) is 5.52 Å². The highest BCUT2D eigenvalue weighted by atomic mass is 16.3. The zero-order valence-corrected chi connectivity index (χ0v) is 30.2. The average molecular weight is 717 g/mol. The molecule has 56 heavy (non-hydrogen) atoms. The third-order valence-corrected chi connectivity index (χ3v) is 10.7. The van der Waals surface area contributed by atoms with Gasteiger partial charge in [-0.05, 0) is 128 Å². The van der Waals surface area contributed by atoms with E-state index in [2.05, 4.69) is 149 Å². The van der Waals surface area contributed by atoms with E-state index in [1.807, 2.05) is 54.7 Å². The lowest BCUT2D eigenvalue weighted by atomic mass is 9.96. The van der Waals surface area contributed by atoms with Crippen molar-refractivity contribution in [3.05, 3.63) is 194 Å². The number of hydrogen-bond donors (Lipinski definition) is 0. The summed E-state index contributed by atoms with van der Waals surface area (Å²) < 4.78 is 6.10. The summed E-state index contributed by atoms with van der Waals surface area (Å²) in [6.07, 6.45) is 1.85. The quantitative estimate of drug-likeness (QED) is 0.160. The number of rotatable bonds is 6. The molecule has 0 fully saturated rings. The van der Waals surface area contributed by atoms with Gasteiger partial charge in [-0.15, -0.1) is 0 Å². The normalized spacial score (nSPS) is 11.6. The number of hydrogen-bond acceptors (Lipinski definition) is 5. The molecule has 0 spiro atoms. The first-order valence-electron chi connectivity index (χ1n) is 18.7. The van der Waals surface area contributed by atoms with Gasteiger partial charge in [-0.25, -0.2) is 9.97 Å². The van der Waals surface area contributed by atoms with Crippen molar-refractivity contribution < 1.29 is 4.42 Å². The number of aromatic nitrogens is 3. The molecular formula is C51H32N4O. The highest BCUT2D eigenvalue weighted by Crippen LogP contribution is 2.40. The van der Waals surface area contributed by atoms with Crippen LogP contribution in [0.3, 0.4) is 0 Å². The van der Waals surface area contributed by atoms with E-state index in [-0.39, 0.29) is 0 Å². The van der Waals surface area contributed by atoms with Gasteiger partial charge in [0.25, 0.3) is 0 Å². The van der Waals surface area contributed by atoms with Crippen molar-refractivity contribution in [2.24, 2.45) is 0 Å². The predicted octanol–water partition coefficient (Wildman–Crippen LogP) is 13.7. The minimum Gasteiger partial charge on any atom is -0.436 e. The van der Waals surface area contributed by atoms with Gasteiger partial charge in [0.05, 0.1) is 22.9 Å². The van der Waals surface area contributed by atoms with Gasteiger partial charge in [-0.1, -0.05) is 103 Å². The van der Waals surface area contributed by atoms with Crippen molar-refractivity contribution in [3.8, 4) is 33.8 Å². The predicted molar refractivity (Wildman–Crippen MR) is 231 cm³/mol. The van der Waals surface area contributed by atoms with E-state index in [9.17, 15) is 0 Å². The van der Waals surface area contributed by atoms with Crippen LogP contribution >= 0.6 is 0 Å². The smallest absolute Gasteiger partial charge is 0.227 e. The largest absolute Gasteiger partial charge is 0.436 e. The van der Waals surface area contributed by atoms with Crippen LogP contribution in [0, 0.1) is 0 Å². The number of benzene rings is 9. The summed E-state index contributed by atoms with van der Waals surface area (Å²) in [5, 5.41) is 7.33. The van der Waals surface area contributed by atoms with Crippen LogP contribution in [0.4, 0.5) is 17.1 Å². The first kappa shape index (κ1) is 31.9. The maximum Gasteiger partial charge on any atom is 0.227 e. The molecule has 2 aromatic heterocycles. The van der Waals surface area contributed by atoms with Gasteiger partial charge in [0, 0.05) is 28.2 Å². The molecule has 0 aliphatic carbocycles. The van der Waals surface area contributed by atoms with Crippen LogP contribution in [0.5, 0.6) is 0 Å². The highest BCUT2D eigenvalue weighted by molar-refractivity contribution is 6.09. The fourth-order valence-electron chi connectivity index (χ4n) is 7.82. The van der Waals surface area contributed by atoms with Gasteiger partial charge >= 0.3 is 0 Å². The first-order chi connectivity index (χ1) is 27.7. The topological polar surface area (TPSA) is 55.1 Å². The van der Waals surface area contributed by atoms with Gasteiger partial charge in [0.15, 0.2) is 5.58 Å². The Kier molecular flexibility index (Phi) is 7.42. The molecular weight excluding hydrogens is 685 g/mol. The molecule has 0 amide bonds. The van der Waals surface area contributed by atoms with Crippen molar-refractivity contribution in [3.63, 3.8) is 0 Å². The third-order valence-electron chi connectivity index (χ3n) is 10.7. The summed E-state index contributed by atoms with van der Waals surface area (Å²) in [4.78, 5) is 16.6. The summed E-state index contributed by atoms with van der Waals surface area (Å²) in [6.45, 7) is 0. The summed E-state index contributed by atoms with van der Waals surface area (Å²) in [5.41, 5.74) is 11.7. The standard InChI is InChI=1S/C51H32N4O/c1-2-8-36-29-37(14-13-33(36)7-1)38-21-27-44-39(30-38)15-16-40-31-43(26-28-45(40)44)55(42-24-19-35(20-25-42)51-54-48-11-5-6-12-50(48)56-51)41-22-17-34(18-23-41)49-32-52-46-9-3-4-10-47(46)53-49/h1-32H. The maximum absolute atomic E-state index is 6.10. The fraction of sp³-hybridized carbons (Fsp3) is 0. The second-order valence-electron chi connectivity index (χ2n) is 14.1. The Morgan fingerprint density at radius 1 is 0.375 bits per heavy atom. The van der Waals surface area contributed by atoms with E-state index in [1.165, 1.54) is 43.4 Å². The van der Waals surface area contributed by atoms with E-state index < -0.39 is 0 Å². The van der Waals surface area contributed by atoms with Gasteiger partial charge in [0.2, 0.25) is 5.89 Å². The van der Waals surface area contributed by atoms with E-state index in [0.717, 1.165) is 56.0 Å². The lowest BCUT2D eigenvalue weighted by Crippen LogP contribution is -2.10. The molecule has 0 unspecified atom stereocenters. The fourth-order valence-corrected chi connectivity index (χ4v) is 7.82. The average Bonchev–Trinajstić information content (AvgIpc) is 3.71. The van der Waals surface area contributed by atoms with E-state index >= 15 is 0 Å². The Hall–Kier alpha value is -7.63. The van der Waals surface area contributed by atoms with Crippen molar-refractivity contribution >= 4 is 71.5 Å². The monoisotopic (exact) mass is 716 g/mol. The molecule has 2 heterocycles. The third kappa shape index (κ3) is 5.62. The molecule has 5 nitrogen and oxygen atoms in total. The number of fused-ring (bicyclic) bond motifs is 6. The molecule has 0 radical (unpaired) electrons. The SMILES string of the molecule is c1ccc2cc(-c3ccc4c(ccc5cc(N(c6ccc(-c7cnc8ccccc8n7)cc6)c6ccc(-c7nc8ccccc8o7)cc6)ccc54)c3)ccc2c1. The Balaban J connectivity index is 0.983. The zero-order chi connectivity index (χ0) is 37.0. The lowest BCUT2D eigenvalue weighted by Gasteiger charge is -2.26. The van der Waals surface area contributed by atoms with Crippen LogP contribution in [0.2, 0.25) is 0 Å². The highest BCUT2D eigenvalue weighted by Gasteiger charge is 2.16. The molecule has 5 heteroatoms. The number of oxazole rings is 1. The van der Waals surface area contributed by atoms with Gasteiger partial charge < -0.3 is 9.32 Å². The summed E-state index contributed by atoms with van der Waals surface area (Å²) >= 11 is 0. The molecule has 0 aliphatic rings. The maximum atomic E-state index is 6.10. The number of anilines is 3. The van der Waals surface area contributed by atoms with Crippen LogP contribution in [-0.4, -0.2) is 15.0 Å². The molecule has 0 N–H and O–H groups in total. The van der Waals surface area contributed by atoms with Crippen molar-refractivity contribution in [1.82, 2.24) is 15.0 Å². The number of para-hydroxylation sites is 4. The molecule has 9 aromatic carbocycles. The molecule has 0 saturated heterocycles. The van der Waals surface area contributed by atoms with Crippen LogP contribution in [-0.2, 0) is 0 Å². The molecule has 0 atom stereocenters. The Bertz CT molecular complexity index is 3230. The minimum atomic E-state index is 0.603. The van der Waals surface area contributed by atoms with E-state index in [1.54, 1.807) is 0 Å². The van der Waals surface area contributed by atoms with Crippen LogP contribution < -0.4 is 4.90 Å². The minimum absolute atomic E-state index is 0.603. The lowest BCUT2D eigenvalue weighted by molar-refractivity contribution is 0.620. The van der Waals surface area contributed by atoms with Crippen molar-refractivity contribution in [1.29, 1.82) is 0 Å². The van der Waals surface area contributed by atoms with Gasteiger partial charge in [-0.3, -0.25) is 4.98 Å². The second kappa shape index (κ2) is 13.0. The number of nitrogens with zero attached hydrogens (tertiary/aromatic N) is 4. The molecule has 0 saturated carbocycles. The van der Waals surface area contributed by atoms with Crippen molar-refractivity contribution in [2.45, 2.75) is 0 Å². The Labute approximate surface area is 322 Å². The van der Waals surface area contributed by atoms with E-state index in [4.69, 9.17) is 14.4 Å². The van der Waals surface area contributed by atoms with Crippen LogP contribution in [0.25, 0.3) is 88.3 Å². The summed E-state index contributed by atoms with van der Waals surface area (Å²) in [6, 6.07) is 66.0. The van der Waals surface area contributed by atoms with Crippen LogP contribution in [0.15, 0.2) is 199 Å². The van der Waals surface area contributed by atoms with Crippen LogP contribution in [0.1, 0.15) is 0 Å². The molecule has 0 aliphatic heterocycles. The van der Waals surface area contributed by atoms with Gasteiger partial charge in [-0.2, -0.15) is 0 Å². The molecule has 262 valence electrons. The summed E-state index contributed by atoms with van der Waals surface area (Å²) in [7, 11) is 0. The molecule has 0 bridgehead atoms. The summed E-state index contributed by atoms with van der Waals surface area (Å²) in [5.74, 6) is 0.603.